The molecule has 0 nitrogen and oxygen atoms in total. The number of hydrogen-bond acceptors (Lipinski definition) is 0. The predicted molar refractivity (Wildman–Crippen MR) is 212 cm³/mol. The van der Waals surface area contributed by atoms with E-state index in [0.29, 0.717) is 0 Å². The van der Waals surface area contributed by atoms with Crippen LogP contribution < -0.4 is 21.2 Å². The van der Waals surface area contributed by atoms with Gasteiger partial charge in [0, 0.05) is 0 Å². The molecule has 2 unspecified atom stereocenters. The first-order valence-electron chi connectivity index (χ1n) is 16.5. The first-order chi connectivity index (χ1) is 23.3. The summed E-state index contributed by atoms with van der Waals surface area (Å²) in [4.78, 5) is 0. The molecule has 0 N–H and O–H groups in total. The van der Waals surface area contributed by atoms with Gasteiger partial charge in [-0.05, 0) is 0 Å². The van der Waals surface area contributed by atoms with Gasteiger partial charge >= 0.3 is 283 Å². The molecule has 7 aromatic rings. The molecule has 0 spiro atoms. The van der Waals surface area contributed by atoms with Crippen molar-refractivity contribution in [2.45, 2.75) is 10.8 Å². The van der Waals surface area contributed by atoms with Crippen LogP contribution in [0, 0.1) is 0 Å². The molecular weight excluding hydrogens is 621 g/mol. The summed E-state index contributed by atoms with van der Waals surface area (Å²) in [6, 6.07) is 81.5. The summed E-state index contributed by atoms with van der Waals surface area (Å²) in [6.45, 7) is -5.47. The van der Waals surface area contributed by atoms with Gasteiger partial charge in [0.15, 0.2) is 0 Å². The Hall–Kier alpha value is -4.17. The van der Waals surface area contributed by atoms with Gasteiger partial charge in [-0.1, -0.05) is 0 Å². The SMILES string of the molecule is c1ccc(C2C(c3ccccc3)(c3ccccc3)[PH](c3ccccc3)(c3ccccc3)P[PH]2(c2ccccc2)c2ccccc2)cc1. The quantitative estimate of drug-likeness (QED) is 0.149. The molecule has 2 atom stereocenters. The van der Waals surface area contributed by atoms with Gasteiger partial charge in [0.2, 0.25) is 0 Å². The Labute approximate surface area is 281 Å². The molecule has 0 amide bonds. The Kier molecular flexibility index (Phi) is 8.22. The third kappa shape index (κ3) is 4.70. The molecule has 0 bridgehead atoms. The second-order valence-electron chi connectivity index (χ2n) is 12.5. The number of benzene rings is 7. The third-order valence-corrected chi connectivity index (χ3v) is 34.7. The summed E-state index contributed by atoms with van der Waals surface area (Å²) in [6.07, 6.45) is 0. The molecule has 3 heteroatoms. The van der Waals surface area contributed by atoms with Crippen molar-refractivity contribution in [3.8, 4) is 0 Å². The molecule has 8 rings (SSSR count). The van der Waals surface area contributed by atoms with Crippen LogP contribution in [0.1, 0.15) is 22.3 Å². The van der Waals surface area contributed by atoms with E-state index >= 15 is 0 Å². The van der Waals surface area contributed by atoms with Gasteiger partial charge < -0.3 is 0 Å². The van der Waals surface area contributed by atoms with Crippen molar-refractivity contribution in [3.63, 3.8) is 0 Å². The van der Waals surface area contributed by atoms with E-state index in [1.54, 1.807) is 0 Å². The molecule has 1 aliphatic heterocycles. The standard InChI is InChI=1S/C44H39P3/c1-8-22-36(23-9-1)43-44(37-24-10-2-11-25-37,38-26-12-3-13-27-38)47(41-32-18-6-19-33-41,42-34-20-7-21-35-42)45-46(43,39-28-14-4-15-29-39)40-30-16-5-17-31-40/h1-35,43,45-47H. The van der Waals surface area contributed by atoms with Crippen molar-refractivity contribution in [2.24, 2.45) is 0 Å². The van der Waals surface area contributed by atoms with E-state index in [1.165, 1.54) is 37.9 Å². The van der Waals surface area contributed by atoms with Crippen molar-refractivity contribution in [1.82, 2.24) is 0 Å². The molecule has 0 saturated carbocycles. The normalized spacial score (nSPS) is 19.4. The summed E-state index contributed by atoms with van der Waals surface area (Å²) in [5.41, 5.74) is 4.51. The fourth-order valence-electron chi connectivity index (χ4n) is 8.68. The fourth-order valence-corrected chi connectivity index (χ4v) is 43.5. The van der Waals surface area contributed by atoms with Crippen LogP contribution in [0.5, 0.6) is 0 Å². The summed E-state index contributed by atoms with van der Waals surface area (Å²) < 4.78 is 0. The summed E-state index contributed by atoms with van der Waals surface area (Å²) >= 11 is 0. The van der Waals surface area contributed by atoms with Gasteiger partial charge in [-0.3, -0.25) is 0 Å². The van der Waals surface area contributed by atoms with E-state index in [4.69, 9.17) is 0 Å². The minimum atomic E-state index is -2.80. The Bertz CT molecular complexity index is 1920. The molecule has 1 aliphatic rings. The molecule has 1 fully saturated rings. The molecule has 0 radical (unpaired) electrons. The van der Waals surface area contributed by atoms with Crippen LogP contribution in [0.25, 0.3) is 0 Å². The molecule has 1 heterocycles. The van der Waals surface area contributed by atoms with E-state index in [1.807, 2.05) is 0 Å². The van der Waals surface area contributed by atoms with E-state index < -0.39 is 13.9 Å². The number of rotatable bonds is 7. The van der Waals surface area contributed by atoms with Gasteiger partial charge in [0.1, 0.15) is 0 Å². The summed E-state index contributed by atoms with van der Waals surface area (Å²) in [7, 11) is 0.727. The molecule has 230 valence electrons. The van der Waals surface area contributed by atoms with Crippen LogP contribution in [0.3, 0.4) is 0 Å². The Morgan fingerprint density at radius 1 is 0.340 bits per heavy atom. The zero-order valence-corrected chi connectivity index (χ0v) is 29.3. The Morgan fingerprint density at radius 3 is 1.00 bits per heavy atom. The molecule has 0 aromatic heterocycles. The van der Waals surface area contributed by atoms with Gasteiger partial charge in [0.05, 0.1) is 0 Å². The molecule has 1 saturated heterocycles. The first-order valence-corrected chi connectivity index (χ1v) is 23.6. The summed E-state index contributed by atoms with van der Waals surface area (Å²) in [5.74, 6) is 0. The van der Waals surface area contributed by atoms with Crippen molar-refractivity contribution in [3.05, 3.63) is 229 Å². The van der Waals surface area contributed by atoms with E-state index in [9.17, 15) is 0 Å². The predicted octanol–water partition coefficient (Wildman–Crippen LogP) is 10.00. The van der Waals surface area contributed by atoms with Gasteiger partial charge in [-0.25, -0.2) is 0 Å². The van der Waals surface area contributed by atoms with Crippen LogP contribution in [0.15, 0.2) is 212 Å². The van der Waals surface area contributed by atoms with Crippen molar-refractivity contribution >= 4 is 43.1 Å². The average molecular weight is 661 g/mol. The summed E-state index contributed by atoms with van der Waals surface area (Å²) in [5, 5.41) is 5.75. The Balaban J connectivity index is 1.68. The third-order valence-electron chi connectivity index (χ3n) is 10.3. The average Bonchev–Trinajstić information content (AvgIpc) is 3.48. The Morgan fingerprint density at radius 2 is 0.638 bits per heavy atom. The topological polar surface area (TPSA) is 0 Å². The second kappa shape index (κ2) is 12.8. The zero-order chi connectivity index (χ0) is 31.6. The van der Waals surface area contributed by atoms with E-state index in [2.05, 4.69) is 212 Å². The van der Waals surface area contributed by atoms with Crippen LogP contribution in [-0.2, 0) is 5.16 Å². The molecule has 7 aromatic carbocycles. The molecule has 47 heavy (non-hydrogen) atoms. The van der Waals surface area contributed by atoms with Gasteiger partial charge in [0.25, 0.3) is 0 Å². The van der Waals surface area contributed by atoms with E-state index in [-0.39, 0.29) is 10.8 Å². The maximum atomic E-state index is 2.47. The van der Waals surface area contributed by atoms with Gasteiger partial charge in [-0.2, -0.15) is 0 Å². The van der Waals surface area contributed by atoms with Crippen LogP contribution in [0.2, 0.25) is 0 Å². The zero-order valence-electron chi connectivity index (χ0n) is 26.3. The maximum absolute atomic E-state index is 2.80. The fraction of sp³-hybridized carbons (Fsp3) is 0.0455. The molecular formula is C44H39P3. The van der Waals surface area contributed by atoms with Crippen molar-refractivity contribution in [1.29, 1.82) is 0 Å². The van der Waals surface area contributed by atoms with Crippen molar-refractivity contribution < 1.29 is 0 Å². The number of hydrogen-bond donors (Lipinski definition) is 0. The second-order valence-corrected chi connectivity index (χ2v) is 27.2. The minimum absolute atomic E-state index is 0.219. The van der Waals surface area contributed by atoms with E-state index in [0.717, 1.165) is 7.96 Å². The first kappa shape index (κ1) is 30.2. The monoisotopic (exact) mass is 660 g/mol. The van der Waals surface area contributed by atoms with Crippen LogP contribution >= 0.6 is 21.9 Å². The molecule has 0 aliphatic carbocycles. The van der Waals surface area contributed by atoms with Crippen molar-refractivity contribution in [2.75, 3.05) is 0 Å². The van der Waals surface area contributed by atoms with Crippen LogP contribution in [0.4, 0.5) is 0 Å². The van der Waals surface area contributed by atoms with Crippen LogP contribution in [-0.4, -0.2) is 0 Å². The van der Waals surface area contributed by atoms with Gasteiger partial charge in [-0.15, -0.1) is 0 Å².